The summed E-state index contributed by atoms with van der Waals surface area (Å²) in [5.41, 5.74) is 4.85. The van der Waals surface area contributed by atoms with Crippen LogP contribution in [0.5, 0.6) is 17.2 Å². The molecule has 3 amide bonds. The standard InChI is InChI=1S/C32H28N4O7/c1-20-7-6-8-23(17-20)34-29(37)25-9-4-5-10-26(25)35-30(38)31(39)36-33-19-21-11-16-27(28(18-21)42-3)43-32(40)22-12-14-24(41-2)15-13-22/h4-19H,1-3H3,(H,34,37)(H,35,38)(H,36,39)/b33-19-. The summed E-state index contributed by atoms with van der Waals surface area (Å²) in [5.74, 6) is -2.09. The minimum atomic E-state index is -1.05. The summed E-state index contributed by atoms with van der Waals surface area (Å²) in [6, 6.07) is 24.6. The number of rotatable bonds is 9. The maximum absolute atomic E-state index is 12.8. The minimum Gasteiger partial charge on any atom is -0.497 e. The molecular formula is C32H28N4O7. The zero-order valence-electron chi connectivity index (χ0n) is 23.5. The number of methoxy groups -OCH3 is 2. The maximum Gasteiger partial charge on any atom is 0.343 e. The van der Waals surface area contributed by atoms with Gasteiger partial charge in [0.15, 0.2) is 11.5 Å². The molecule has 4 rings (SSSR count). The van der Waals surface area contributed by atoms with Crippen LogP contribution in [0.2, 0.25) is 0 Å². The van der Waals surface area contributed by atoms with E-state index in [0.717, 1.165) is 5.56 Å². The molecular weight excluding hydrogens is 552 g/mol. The highest BCUT2D eigenvalue weighted by Gasteiger charge is 2.18. The monoisotopic (exact) mass is 580 g/mol. The van der Waals surface area contributed by atoms with Gasteiger partial charge in [-0.1, -0.05) is 24.3 Å². The zero-order chi connectivity index (χ0) is 30.8. The van der Waals surface area contributed by atoms with E-state index >= 15 is 0 Å². The van der Waals surface area contributed by atoms with Gasteiger partial charge in [0.25, 0.3) is 5.91 Å². The molecule has 0 bridgehead atoms. The second-order valence-corrected chi connectivity index (χ2v) is 9.05. The highest BCUT2D eigenvalue weighted by atomic mass is 16.6. The van der Waals surface area contributed by atoms with Gasteiger partial charge < -0.3 is 24.8 Å². The van der Waals surface area contributed by atoms with Gasteiger partial charge in [0.1, 0.15) is 5.75 Å². The van der Waals surface area contributed by atoms with Crippen LogP contribution in [0.1, 0.15) is 31.8 Å². The predicted octanol–water partition coefficient (Wildman–Crippen LogP) is 4.57. The summed E-state index contributed by atoms with van der Waals surface area (Å²) in [5, 5.41) is 9.03. The van der Waals surface area contributed by atoms with Crippen molar-refractivity contribution in [3.05, 3.63) is 113 Å². The summed E-state index contributed by atoms with van der Waals surface area (Å²) in [7, 11) is 2.94. The van der Waals surface area contributed by atoms with E-state index in [1.807, 2.05) is 25.1 Å². The number of nitrogens with zero attached hydrogens (tertiary/aromatic N) is 1. The second kappa shape index (κ2) is 14.1. The van der Waals surface area contributed by atoms with E-state index in [1.54, 1.807) is 48.5 Å². The third kappa shape index (κ3) is 8.04. The predicted molar refractivity (Wildman–Crippen MR) is 161 cm³/mol. The summed E-state index contributed by atoms with van der Waals surface area (Å²) >= 11 is 0. The molecule has 0 aliphatic rings. The van der Waals surface area contributed by atoms with E-state index in [4.69, 9.17) is 14.2 Å². The molecule has 4 aromatic rings. The average molecular weight is 581 g/mol. The molecule has 11 nitrogen and oxygen atoms in total. The summed E-state index contributed by atoms with van der Waals surface area (Å²) < 4.78 is 15.9. The van der Waals surface area contributed by atoms with E-state index in [2.05, 4.69) is 21.2 Å². The van der Waals surface area contributed by atoms with Gasteiger partial charge in [0.05, 0.1) is 37.2 Å². The molecule has 218 valence electrons. The smallest absolute Gasteiger partial charge is 0.343 e. The van der Waals surface area contributed by atoms with Gasteiger partial charge in [-0.15, -0.1) is 0 Å². The first-order valence-electron chi connectivity index (χ1n) is 12.9. The Kier molecular flexibility index (Phi) is 9.83. The molecule has 3 N–H and O–H groups in total. The lowest BCUT2D eigenvalue weighted by molar-refractivity contribution is -0.136. The van der Waals surface area contributed by atoms with Crippen LogP contribution < -0.4 is 30.3 Å². The van der Waals surface area contributed by atoms with Crippen molar-refractivity contribution in [3.63, 3.8) is 0 Å². The number of benzene rings is 4. The van der Waals surface area contributed by atoms with Crippen molar-refractivity contribution in [2.45, 2.75) is 6.92 Å². The molecule has 0 atom stereocenters. The number of esters is 1. The summed E-state index contributed by atoms with van der Waals surface area (Å²) in [4.78, 5) is 50.3. The van der Waals surface area contributed by atoms with Gasteiger partial charge in [0.2, 0.25) is 0 Å². The van der Waals surface area contributed by atoms with Crippen LogP contribution in [-0.4, -0.2) is 44.1 Å². The molecule has 0 fully saturated rings. The molecule has 43 heavy (non-hydrogen) atoms. The summed E-state index contributed by atoms with van der Waals surface area (Å²) in [6.45, 7) is 1.90. The van der Waals surface area contributed by atoms with E-state index < -0.39 is 23.7 Å². The molecule has 0 spiro atoms. The van der Waals surface area contributed by atoms with Gasteiger partial charge in [-0.2, -0.15) is 5.10 Å². The van der Waals surface area contributed by atoms with Crippen molar-refractivity contribution in [2.75, 3.05) is 24.9 Å². The Hall–Kier alpha value is -5.97. The van der Waals surface area contributed by atoms with E-state index in [9.17, 15) is 19.2 Å². The van der Waals surface area contributed by atoms with E-state index in [0.29, 0.717) is 22.6 Å². The van der Waals surface area contributed by atoms with Gasteiger partial charge in [-0.25, -0.2) is 10.2 Å². The number of anilines is 2. The zero-order valence-corrected chi connectivity index (χ0v) is 23.5. The van der Waals surface area contributed by atoms with Gasteiger partial charge in [-0.3, -0.25) is 14.4 Å². The average Bonchev–Trinajstić information content (AvgIpc) is 3.01. The van der Waals surface area contributed by atoms with Crippen LogP contribution in [0.3, 0.4) is 0 Å². The molecule has 0 heterocycles. The first kappa shape index (κ1) is 30.0. The van der Waals surface area contributed by atoms with Crippen LogP contribution in [0, 0.1) is 6.92 Å². The van der Waals surface area contributed by atoms with Crippen LogP contribution >= 0.6 is 0 Å². The van der Waals surface area contributed by atoms with Crippen LogP contribution in [0.15, 0.2) is 96.1 Å². The molecule has 0 radical (unpaired) electrons. The Balaban J connectivity index is 1.35. The molecule has 4 aromatic carbocycles. The minimum absolute atomic E-state index is 0.154. The number of nitrogens with one attached hydrogen (secondary N) is 3. The fourth-order valence-corrected chi connectivity index (χ4v) is 3.84. The number of hydrogen-bond acceptors (Lipinski definition) is 8. The van der Waals surface area contributed by atoms with Crippen LogP contribution in [0.4, 0.5) is 11.4 Å². The quantitative estimate of drug-likeness (QED) is 0.0865. The summed E-state index contributed by atoms with van der Waals surface area (Å²) in [6.07, 6.45) is 1.28. The molecule has 11 heteroatoms. The SMILES string of the molecule is COc1ccc(C(=O)Oc2ccc(/C=N\NC(=O)C(=O)Nc3ccccc3C(=O)Nc3cccc(C)c3)cc2OC)cc1. The Morgan fingerprint density at radius 1 is 0.744 bits per heavy atom. The highest BCUT2D eigenvalue weighted by molar-refractivity contribution is 6.40. The van der Waals surface area contributed by atoms with Crippen molar-refractivity contribution < 1.29 is 33.4 Å². The van der Waals surface area contributed by atoms with Crippen LogP contribution in [0.25, 0.3) is 0 Å². The second-order valence-electron chi connectivity index (χ2n) is 9.05. The number of ether oxygens (including phenoxy) is 3. The van der Waals surface area contributed by atoms with Crippen LogP contribution in [-0.2, 0) is 9.59 Å². The number of carbonyl (C=O) groups is 4. The van der Waals surface area contributed by atoms with Crippen molar-refractivity contribution in [2.24, 2.45) is 5.10 Å². The number of hydrazone groups is 1. The highest BCUT2D eigenvalue weighted by Crippen LogP contribution is 2.28. The topological polar surface area (TPSA) is 144 Å². The lowest BCUT2D eigenvalue weighted by Crippen LogP contribution is -2.33. The molecule has 0 saturated heterocycles. The number of para-hydroxylation sites is 1. The number of hydrogen-bond donors (Lipinski definition) is 3. The lowest BCUT2D eigenvalue weighted by Gasteiger charge is -2.11. The fraction of sp³-hybridized carbons (Fsp3) is 0.0938. The fourth-order valence-electron chi connectivity index (χ4n) is 3.84. The Morgan fingerprint density at radius 2 is 1.51 bits per heavy atom. The lowest BCUT2D eigenvalue weighted by atomic mass is 10.1. The van der Waals surface area contributed by atoms with Gasteiger partial charge in [0, 0.05) is 5.69 Å². The largest absolute Gasteiger partial charge is 0.497 e. The molecule has 0 saturated carbocycles. The molecule has 0 unspecified atom stereocenters. The molecule has 0 aliphatic carbocycles. The molecule has 0 aromatic heterocycles. The third-order valence-electron chi connectivity index (χ3n) is 6.00. The Morgan fingerprint density at radius 3 is 2.23 bits per heavy atom. The Labute approximate surface area is 247 Å². The van der Waals surface area contributed by atoms with Gasteiger partial charge >= 0.3 is 17.8 Å². The maximum atomic E-state index is 12.8. The van der Waals surface area contributed by atoms with Gasteiger partial charge in [-0.05, 0) is 84.8 Å². The Bertz CT molecular complexity index is 1680. The molecule has 0 aliphatic heterocycles. The normalized spacial score (nSPS) is 10.5. The number of aryl methyl sites for hydroxylation is 1. The van der Waals surface area contributed by atoms with Crippen molar-refractivity contribution in [1.29, 1.82) is 0 Å². The first-order chi connectivity index (χ1) is 20.8. The van der Waals surface area contributed by atoms with Crippen molar-refractivity contribution >= 4 is 41.3 Å². The third-order valence-corrected chi connectivity index (χ3v) is 6.00. The van der Waals surface area contributed by atoms with Crippen molar-refractivity contribution in [1.82, 2.24) is 5.43 Å². The van der Waals surface area contributed by atoms with Crippen molar-refractivity contribution in [3.8, 4) is 17.2 Å². The number of amides is 3. The van der Waals surface area contributed by atoms with E-state index in [-0.39, 0.29) is 22.7 Å². The number of carbonyl (C=O) groups excluding carboxylic acids is 4. The first-order valence-corrected chi connectivity index (χ1v) is 12.9. The van der Waals surface area contributed by atoms with E-state index in [1.165, 1.54) is 44.7 Å².